The molecule has 1 aliphatic rings. The van der Waals surface area contributed by atoms with Gasteiger partial charge >= 0.3 is 0 Å². The number of hydrogen-bond donors (Lipinski definition) is 0. The topological polar surface area (TPSA) is 37.8 Å². The summed E-state index contributed by atoms with van der Waals surface area (Å²) in [4.78, 5) is 8.83. The van der Waals surface area contributed by atoms with E-state index in [1.165, 1.54) is 0 Å². The van der Waals surface area contributed by atoms with E-state index in [-0.39, 0.29) is 6.10 Å². The first-order valence-corrected chi connectivity index (χ1v) is 9.97. The van der Waals surface area contributed by atoms with Crippen molar-refractivity contribution in [1.29, 1.82) is 0 Å². The number of benzene rings is 2. The Bertz CT molecular complexity index is 918. The molecule has 3 aromatic rings. The van der Waals surface area contributed by atoms with Gasteiger partial charge in [0.05, 0.1) is 7.11 Å². The highest BCUT2D eigenvalue weighted by Crippen LogP contribution is 2.36. The predicted molar refractivity (Wildman–Crippen MR) is 116 cm³/mol. The molecule has 150 valence electrons. The zero-order chi connectivity index (χ0) is 20.1. The van der Waals surface area contributed by atoms with Crippen molar-refractivity contribution in [3.8, 4) is 11.5 Å². The standard InChI is InChI=1S/C24H27N3O2/c1-26-14-12-22(18-26)29-24-15-21(10-11-23(24)28-2)27(20-8-4-3-5-9-20)17-19-7-6-13-25-16-19/h3-11,13,15-16,22H,12,14,17-18H2,1-2H3. The van der Waals surface area contributed by atoms with E-state index >= 15 is 0 Å². The van der Waals surface area contributed by atoms with Crippen LogP contribution in [0.4, 0.5) is 11.4 Å². The summed E-state index contributed by atoms with van der Waals surface area (Å²) >= 11 is 0. The van der Waals surface area contributed by atoms with Crippen molar-refractivity contribution in [3.63, 3.8) is 0 Å². The van der Waals surface area contributed by atoms with Gasteiger partial charge in [0, 0.05) is 49.5 Å². The van der Waals surface area contributed by atoms with Crippen LogP contribution in [-0.2, 0) is 6.54 Å². The van der Waals surface area contributed by atoms with Gasteiger partial charge < -0.3 is 19.3 Å². The second-order valence-corrected chi connectivity index (χ2v) is 7.41. The molecule has 0 radical (unpaired) electrons. The van der Waals surface area contributed by atoms with Crippen molar-refractivity contribution in [2.24, 2.45) is 0 Å². The van der Waals surface area contributed by atoms with Crippen molar-refractivity contribution >= 4 is 11.4 Å². The van der Waals surface area contributed by atoms with E-state index in [4.69, 9.17) is 9.47 Å². The first-order chi connectivity index (χ1) is 14.2. The maximum absolute atomic E-state index is 6.34. The summed E-state index contributed by atoms with van der Waals surface area (Å²) < 4.78 is 11.9. The predicted octanol–water partition coefficient (Wildman–Crippen LogP) is 4.51. The summed E-state index contributed by atoms with van der Waals surface area (Å²) in [7, 11) is 3.81. The minimum Gasteiger partial charge on any atom is -0.493 e. The number of rotatable bonds is 7. The molecule has 29 heavy (non-hydrogen) atoms. The quantitative estimate of drug-likeness (QED) is 0.594. The molecule has 0 aliphatic carbocycles. The molecular formula is C24H27N3O2. The van der Waals surface area contributed by atoms with Crippen LogP contribution in [0.15, 0.2) is 73.1 Å². The molecule has 1 aromatic heterocycles. The van der Waals surface area contributed by atoms with Crippen molar-refractivity contribution in [2.45, 2.75) is 19.1 Å². The maximum atomic E-state index is 6.34. The Kier molecular flexibility index (Phi) is 5.96. The second kappa shape index (κ2) is 8.97. The summed E-state index contributed by atoms with van der Waals surface area (Å²) in [6.07, 6.45) is 4.93. The molecule has 1 atom stereocenters. The number of nitrogens with zero attached hydrogens (tertiary/aromatic N) is 3. The van der Waals surface area contributed by atoms with Gasteiger partial charge in [0.15, 0.2) is 11.5 Å². The van der Waals surface area contributed by atoms with Crippen LogP contribution in [0.1, 0.15) is 12.0 Å². The van der Waals surface area contributed by atoms with E-state index in [9.17, 15) is 0 Å². The van der Waals surface area contributed by atoms with E-state index in [1.54, 1.807) is 13.3 Å². The molecule has 4 rings (SSSR count). The Labute approximate surface area is 172 Å². The van der Waals surface area contributed by atoms with Gasteiger partial charge in [-0.3, -0.25) is 4.98 Å². The molecule has 1 fully saturated rings. The Morgan fingerprint density at radius 3 is 2.59 bits per heavy atom. The minimum absolute atomic E-state index is 0.188. The van der Waals surface area contributed by atoms with Crippen LogP contribution in [-0.4, -0.2) is 43.2 Å². The molecule has 2 heterocycles. The molecule has 0 N–H and O–H groups in total. The molecule has 0 amide bonds. The fraction of sp³-hybridized carbons (Fsp3) is 0.292. The van der Waals surface area contributed by atoms with E-state index in [0.717, 1.165) is 54.5 Å². The third kappa shape index (κ3) is 4.69. The highest BCUT2D eigenvalue weighted by Gasteiger charge is 2.23. The van der Waals surface area contributed by atoms with Crippen LogP contribution in [0, 0.1) is 0 Å². The molecule has 0 bridgehead atoms. The van der Waals surface area contributed by atoms with Crippen molar-refractivity contribution in [2.75, 3.05) is 32.1 Å². The molecule has 1 aliphatic heterocycles. The second-order valence-electron chi connectivity index (χ2n) is 7.41. The van der Waals surface area contributed by atoms with Crippen molar-refractivity contribution in [1.82, 2.24) is 9.88 Å². The Hall–Kier alpha value is -3.05. The fourth-order valence-electron chi connectivity index (χ4n) is 3.71. The summed E-state index contributed by atoms with van der Waals surface area (Å²) in [5.41, 5.74) is 3.32. The lowest BCUT2D eigenvalue weighted by Gasteiger charge is -2.26. The molecule has 5 nitrogen and oxygen atoms in total. The first kappa shape index (κ1) is 19.3. The lowest BCUT2D eigenvalue weighted by Crippen LogP contribution is -2.22. The smallest absolute Gasteiger partial charge is 0.163 e. The molecule has 1 saturated heterocycles. The third-order valence-electron chi connectivity index (χ3n) is 5.23. The molecule has 2 aromatic carbocycles. The van der Waals surface area contributed by atoms with Crippen LogP contribution in [0.25, 0.3) is 0 Å². The molecule has 5 heteroatoms. The molecular weight excluding hydrogens is 362 g/mol. The number of aromatic nitrogens is 1. The fourth-order valence-corrected chi connectivity index (χ4v) is 3.71. The largest absolute Gasteiger partial charge is 0.493 e. The number of methoxy groups -OCH3 is 1. The average Bonchev–Trinajstić information content (AvgIpc) is 3.18. The van der Waals surface area contributed by atoms with E-state index in [2.05, 4.69) is 64.3 Å². The van der Waals surface area contributed by atoms with Crippen molar-refractivity contribution < 1.29 is 9.47 Å². The SMILES string of the molecule is COc1ccc(N(Cc2cccnc2)c2ccccc2)cc1OC1CCN(C)C1. The normalized spacial score (nSPS) is 16.6. The number of pyridine rings is 1. The van der Waals surface area contributed by atoms with E-state index in [0.29, 0.717) is 0 Å². The van der Waals surface area contributed by atoms with E-state index in [1.807, 2.05) is 24.4 Å². The van der Waals surface area contributed by atoms with Crippen molar-refractivity contribution in [3.05, 3.63) is 78.6 Å². The van der Waals surface area contributed by atoms with Gasteiger partial charge in [-0.15, -0.1) is 0 Å². The summed E-state index contributed by atoms with van der Waals surface area (Å²) in [6, 6.07) is 20.6. The van der Waals surface area contributed by atoms with Crippen LogP contribution in [0.3, 0.4) is 0 Å². The van der Waals surface area contributed by atoms with Gasteiger partial charge in [-0.1, -0.05) is 24.3 Å². The zero-order valence-corrected chi connectivity index (χ0v) is 17.0. The maximum Gasteiger partial charge on any atom is 0.163 e. The number of ether oxygens (including phenoxy) is 2. The van der Waals surface area contributed by atoms with Crippen LogP contribution in [0.5, 0.6) is 11.5 Å². The first-order valence-electron chi connectivity index (χ1n) is 9.97. The summed E-state index contributed by atoms with van der Waals surface area (Å²) in [6.45, 7) is 2.71. The number of anilines is 2. The van der Waals surface area contributed by atoms with Gasteiger partial charge in [-0.2, -0.15) is 0 Å². The lowest BCUT2D eigenvalue weighted by molar-refractivity contribution is 0.199. The summed E-state index contributed by atoms with van der Waals surface area (Å²) in [5, 5.41) is 0. The Balaban J connectivity index is 1.67. The third-order valence-corrected chi connectivity index (χ3v) is 5.23. The molecule has 0 saturated carbocycles. The number of para-hydroxylation sites is 1. The number of likely N-dealkylation sites (N-methyl/N-ethyl adjacent to an activating group) is 1. The minimum atomic E-state index is 0.188. The Morgan fingerprint density at radius 1 is 1.03 bits per heavy atom. The zero-order valence-electron chi connectivity index (χ0n) is 17.0. The number of hydrogen-bond acceptors (Lipinski definition) is 5. The Morgan fingerprint density at radius 2 is 1.90 bits per heavy atom. The van der Waals surface area contributed by atoms with Crippen LogP contribution >= 0.6 is 0 Å². The van der Waals surface area contributed by atoms with Crippen LogP contribution < -0.4 is 14.4 Å². The summed E-state index contributed by atoms with van der Waals surface area (Å²) in [5.74, 6) is 1.55. The monoisotopic (exact) mass is 389 g/mol. The average molecular weight is 389 g/mol. The highest BCUT2D eigenvalue weighted by atomic mass is 16.5. The highest BCUT2D eigenvalue weighted by molar-refractivity contribution is 5.66. The lowest BCUT2D eigenvalue weighted by atomic mass is 10.1. The molecule has 0 spiro atoms. The van der Waals surface area contributed by atoms with Crippen LogP contribution in [0.2, 0.25) is 0 Å². The van der Waals surface area contributed by atoms with Gasteiger partial charge in [0.2, 0.25) is 0 Å². The van der Waals surface area contributed by atoms with Gasteiger partial charge in [0.1, 0.15) is 6.10 Å². The van der Waals surface area contributed by atoms with Gasteiger partial charge in [-0.25, -0.2) is 0 Å². The molecule has 1 unspecified atom stereocenters. The van der Waals surface area contributed by atoms with E-state index < -0.39 is 0 Å². The van der Waals surface area contributed by atoms with Gasteiger partial charge in [0.25, 0.3) is 0 Å². The van der Waals surface area contributed by atoms with Gasteiger partial charge in [-0.05, 0) is 49.4 Å². The number of likely N-dealkylation sites (tertiary alicyclic amines) is 1.